The Bertz CT molecular complexity index is 1150. The van der Waals surface area contributed by atoms with Crippen LogP contribution in [0.3, 0.4) is 0 Å². The number of aromatic nitrogens is 4. The number of benzene rings is 2. The van der Waals surface area contributed by atoms with E-state index in [1.165, 1.54) is 0 Å². The molecule has 4 rings (SSSR count). The maximum absolute atomic E-state index is 12.6. The zero-order chi connectivity index (χ0) is 20.6. The fraction of sp³-hybridized carbons (Fsp3) is 0.125. The normalized spacial score (nSPS) is 10.3. The molecule has 0 bridgehead atoms. The van der Waals surface area contributed by atoms with E-state index < -0.39 is 0 Å². The van der Waals surface area contributed by atoms with E-state index in [0.29, 0.717) is 12.1 Å². The first-order chi connectivity index (χ1) is 14.8. The zero-order valence-electron chi connectivity index (χ0n) is 16.4. The fourth-order valence-electron chi connectivity index (χ4n) is 3.03. The molecule has 0 unspecified atom stereocenters. The molecule has 6 heteroatoms. The number of imidazole rings is 1. The van der Waals surface area contributed by atoms with Crippen molar-refractivity contribution in [1.29, 1.82) is 0 Å². The van der Waals surface area contributed by atoms with Gasteiger partial charge in [0.1, 0.15) is 0 Å². The van der Waals surface area contributed by atoms with E-state index >= 15 is 0 Å². The van der Waals surface area contributed by atoms with Crippen LogP contribution in [0.25, 0.3) is 5.69 Å². The van der Waals surface area contributed by atoms with Crippen LogP contribution in [-0.2, 0) is 6.54 Å². The van der Waals surface area contributed by atoms with Gasteiger partial charge in [-0.2, -0.15) is 5.10 Å². The average Bonchev–Trinajstić information content (AvgIpc) is 3.50. The van der Waals surface area contributed by atoms with Crippen molar-refractivity contribution in [3.63, 3.8) is 0 Å². The molecule has 2 aromatic carbocycles. The topological polar surface area (TPSA) is 64.7 Å². The van der Waals surface area contributed by atoms with Gasteiger partial charge < -0.3 is 9.88 Å². The number of nitrogens with zero attached hydrogens (tertiary/aromatic N) is 4. The average molecular weight is 395 g/mol. The van der Waals surface area contributed by atoms with Gasteiger partial charge in [0.05, 0.1) is 17.6 Å². The molecule has 6 nitrogen and oxygen atoms in total. The summed E-state index contributed by atoms with van der Waals surface area (Å²) in [6.07, 6.45) is 9.83. The standard InChI is InChI=1S/C24H21N5O/c30-24(26-12-4-15-28-17-14-25-19-28)22-10-11-23(29-16-5-13-27-29)21(18-22)9-8-20-6-2-1-3-7-20/h1-3,5-7,10-11,13-14,16-19H,4,12,15H2,(H,26,30). The van der Waals surface area contributed by atoms with Gasteiger partial charge in [0.15, 0.2) is 0 Å². The number of rotatable bonds is 6. The van der Waals surface area contributed by atoms with E-state index in [-0.39, 0.29) is 5.91 Å². The molecule has 148 valence electrons. The first-order valence-corrected chi connectivity index (χ1v) is 9.75. The van der Waals surface area contributed by atoms with Gasteiger partial charge >= 0.3 is 0 Å². The van der Waals surface area contributed by atoms with Gasteiger partial charge in [0, 0.05) is 49.0 Å². The zero-order valence-corrected chi connectivity index (χ0v) is 16.4. The second kappa shape index (κ2) is 9.39. The maximum Gasteiger partial charge on any atom is 0.251 e. The van der Waals surface area contributed by atoms with Gasteiger partial charge in [0.25, 0.3) is 5.91 Å². The molecule has 0 fully saturated rings. The summed E-state index contributed by atoms with van der Waals surface area (Å²) in [5.41, 5.74) is 3.07. The van der Waals surface area contributed by atoms with Crippen molar-refractivity contribution < 1.29 is 4.79 Å². The summed E-state index contributed by atoms with van der Waals surface area (Å²) in [7, 11) is 0. The minimum absolute atomic E-state index is 0.115. The molecule has 0 spiro atoms. The molecule has 0 saturated heterocycles. The van der Waals surface area contributed by atoms with Crippen LogP contribution in [0.1, 0.15) is 27.9 Å². The molecular formula is C24H21N5O. The highest BCUT2D eigenvalue weighted by Gasteiger charge is 2.10. The van der Waals surface area contributed by atoms with E-state index in [1.807, 2.05) is 65.5 Å². The van der Waals surface area contributed by atoms with Gasteiger partial charge in [-0.25, -0.2) is 9.67 Å². The molecule has 0 aliphatic carbocycles. The third kappa shape index (κ3) is 4.83. The maximum atomic E-state index is 12.6. The van der Waals surface area contributed by atoms with Crippen molar-refractivity contribution in [1.82, 2.24) is 24.6 Å². The van der Waals surface area contributed by atoms with E-state index in [4.69, 9.17) is 0 Å². The van der Waals surface area contributed by atoms with Crippen LogP contribution in [0.5, 0.6) is 0 Å². The summed E-state index contributed by atoms with van der Waals surface area (Å²) in [5, 5.41) is 7.28. The lowest BCUT2D eigenvalue weighted by molar-refractivity contribution is 0.0952. The molecular weight excluding hydrogens is 374 g/mol. The van der Waals surface area contributed by atoms with Crippen LogP contribution in [0.2, 0.25) is 0 Å². The summed E-state index contributed by atoms with van der Waals surface area (Å²) in [4.78, 5) is 16.6. The van der Waals surface area contributed by atoms with Crippen molar-refractivity contribution in [3.8, 4) is 17.5 Å². The van der Waals surface area contributed by atoms with Gasteiger partial charge in [0.2, 0.25) is 0 Å². The van der Waals surface area contributed by atoms with E-state index in [1.54, 1.807) is 29.5 Å². The van der Waals surface area contributed by atoms with Gasteiger partial charge in [-0.3, -0.25) is 4.79 Å². The van der Waals surface area contributed by atoms with E-state index in [9.17, 15) is 4.79 Å². The minimum Gasteiger partial charge on any atom is -0.352 e. The Labute approximate surface area is 175 Å². The molecule has 0 saturated carbocycles. The Morgan fingerprint density at radius 1 is 1.00 bits per heavy atom. The summed E-state index contributed by atoms with van der Waals surface area (Å²) in [6, 6.07) is 17.1. The molecule has 2 aromatic heterocycles. The number of hydrogen-bond donors (Lipinski definition) is 1. The summed E-state index contributed by atoms with van der Waals surface area (Å²) >= 11 is 0. The lowest BCUT2D eigenvalue weighted by Gasteiger charge is -2.09. The minimum atomic E-state index is -0.115. The summed E-state index contributed by atoms with van der Waals surface area (Å²) < 4.78 is 3.74. The Kier molecular flexibility index (Phi) is 6.02. The largest absolute Gasteiger partial charge is 0.352 e. The van der Waals surface area contributed by atoms with Gasteiger partial charge in [-0.15, -0.1) is 0 Å². The van der Waals surface area contributed by atoms with Crippen molar-refractivity contribution in [2.75, 3.05) is 6.54 Å². The Hall–Kier alpha value is -4.11. The second-order valence-corrected chi connectivity index (χ2v) is 6.71. The molecule has 1 amide bonds. The predicted octanol–water partition coefficient (Wildman–Crippen LogP) is 3.29. The third-order valence-electron chi connectivity index (χ3n) is 4.56. The number of nitrogens with one attached hydrogen (secondary N) is 1. The molecule has 2 heterocycles. The highest BCUT2D eigenvalue weighted by Crippen LogP contribution is 2.16. The number of carbonyl (C=O) groups excluding carboxylic acids is 1. The Morgan fingerprint density at radius 3 is 2.67 bits per heavy atom. The highest BCUT2D eigenvalue weighted by atomic mass is 16.1. The molecule has 0 aliphatic rings. The molecule has 0 aliphatic heterocycles. The quantitative estimate of drug-likeness (QED) is 0.402. The van der Waals surface area contributed by atoms with Crippen LogP contribution in [0.15, 0.2) is 85.7 Å². The second-order valence-electron chi connectivity index (χ2n) is 6.71. The number of carbonyl (C=O) groups is 1. The summed E-state index contributed by atoms with van der Waals surface area (Å²) in [5.74, 6) is 6.25. The number of aryl methyl sites for hydroxylation is 1. The fourth-order valence-corrected chi connectivity index (χ4v) is 3.03. The van der Waals surface area contributed by atoms with E-state index in [0.717, 1.165) is 29.8 Å². The van der Waals surface area contributed by atoms with Crippen LogP contribution in [0, 0.1) is 11.8 Å². The van der Waals surface area contributed by atoms with Crippen LogP contribution < -0.4 is 5.32 Å². The number of hydrogen-bond acceptors (Lipinski definition) is 3. The first kappa shape index (κ1) is 19.2. The highest BCUT2D eigenvalue weighted by molar-refractivity contribution is 5.95. The van der Waals surface area contributed by atoms with Crippen molar-refractivity contribution in [3.05, 3.63) is 102 Å². The molecule has 30 heavy (non-hydrogen) atoms. The van der Waals surface area contributed by atoms with Crippen molar-refractivity contribution >= 4 is 5.91 Å². The van der Waals surface area contributed by atoms with E-state index in [2.05, 4.69) is 27.2 Å². The van der Waals surface area contributed by atoms with Gasteiger partial charge in [-0.05, 0) is 42.8 Å². The molecule has 4 aromatic rings. The smallest absolute Gasteiger partial charge is 0.251 e. The SMILES string of the molecule is O=C(NCCCn1ccnc1)c1ccc(-n2cccn2)c(C#Cc2ccccc2)c1. The molecule has 0 atom stereocenters. The predicted molar refractivity (Wildman–Crippen MR) is 115 cm³/mol. The van der Waals surface area contributed by atoms with Crippen LogP contribution >= 0.6 is 0 Å². The van der Waals surface area contributed by atoms with Crippen molar-refractivity contribution in [2.24, 2.45) is 0 Å². The number of amides is 1. The lowest BCUT2D eigenvalue weighted by Crippen LogP contribution is -2.25. The lowest BCUT2D eigenvalue weighted by atomic mass is 10.1. The first-order valence-electron chi connectivity index (χ1n) is 9.75. The Morgan fingerprint density at radius 2 is 1.90 bits per heavy atom. The third-order valence-corrected chi connectivity index (χ3v) is 4.56. The summed E-state index contributed by atoms with van der Waals surface area (Å²) in [6.45, 7) is 1.40. The Balaban J connectivity index is 1.51. The molecule has 0 radical (unpaired) electrons. The van der Waals surface area contributed by atoms with Crippen LogP contribution in [-0.4, -0.2) is 31.8 Å². The molecule has 1 N–H and O–H groups in total. The van der Waals surface area contributed by atoms with Gasteiger partial charge in [-0.1, -0.05) is 30.0 Å². The van der Waals surface area contributed by atoms with Crippen molar-refractivity contribution in [2.45, 2.75) is 13.0 Å². The monoisotopic (exact) mass is 395 g/mol. The van der Waals surface area contributed by atoms with Crippen LogP contribution in [0.4, 0.5) is 0 Å².